The molecule has 0 atom stereocenters. The molecule has 10 heteroatoms. The minimum atomic E-state index is -0.564. The van der Waals surface area contributed by atoms with Crippen molar-refractivity contribution in [1.29, 1.82) is 0 Å². The SMILES string of the molecule is C=CC(=O)OCCCCOc1ccc(C(=O)Oc2ccc(OC(=O)c3ccc(OCCCOC(=O)C=C)cc3)cc2)cc1. The molecule has 0 saturated heterocycles. The van der Waals surface area contributed by atoms with Gasteiger partial charge in [0.15, 0.2) is 0 Å². The fraction of sp³-hybridized carbons (Fsp3) is 0.212. The number of hydrogen-bond donors (Lipinski definition) is 0. The lowest BCUT2D eigenvalue weighted by Gasteiger charge is -2.09. The summed E-state index contributed by atoms with van der Waals surface area (Å²) in [5, 5.41) is 0. The number of hydrogen-bond acceptors (Lipinski definition) is 10. The standard InChI is InChI=1S/C33H32O10/c1-3-30(34)40-21-6-5-20-38-26-12-8-24(9-13-26)32(36)42-28-16-18-29(19-17-28)43-33(37)25-10-14-27(15-11-25)39-22-7-23-41-31(35)4-2/h3-4,8-19H,1-2,5-7,20-23H2. The molecule has 0 heterocycles. The van der Waals surface area contributed by atoms with Gasteiger partial charge in [0, 0.05) is 18.6 Å². The van der Waals surface area contributed by atoms with Gasteiger partial charge >= 0.3 is 23.9 Å². The predicted molar refractivity (Wildman–Crippen MR) is 156 cm³/mol. The van der Waals surface area contributed by atoms with Crippen LogP contribution in [-0.4, -0.2) is 50.3 Å². The smallest absolute Gasteiger partial charge is 0.343 e. The lowest BCUT2D eigenvalue weighted by molar-refractivity contribution is -0.138. The van der Waals surface area contributed by atoms with E-state index in [1.54, 1.807) is 48.5 Å². The summed E-state index contributed by atoms with van der Waals surface area (Å²) in [7, 11) is 0. The Bertz CT molecular complexity index is 1380. The molecule has 0 N–H and O–H groups in total. The fourth-order valence-corrected chi connectivity index (χ4v) is 3.39. The highest BCUT2D eigenvalue weighted by Gasteiger charge is 2.12. The first kappa shape index (κ1) is 32.1. The molecule has 10 nitrogen and oxygen atoms in total. The zero-order chi connectivity index (χ0) is 30.9. The third-order valence-electron chi connectivity index (χ3n) is 5.61. The Labute approximate surface area is 249 Å². The Balaban J connectivity index is 1.39. The number of carbonyl (C=O) groups is 4. The predicted octanol–water partition coefficient (Wildman–Crippen LogP) is 5.51. The largest absolute Gasteiger partial charge is 0.494 e. The van der Waals surface area contributed by atoms with E-state index < -0.39 is 23.9 Å². The van der Waals surface area contributed by atoms with E-state index in [9.17, 15) is 19.2 Å². The zero-order valence-corrected chi connectivity index (χ0v) is 23.5. The molecule has 0 spiro atoms. The van der Waals surface area contributed by atoms with Crippen molar-refractivity contribution in [2.45, 2.75) is 19.3 Å². The van der Waals surface area contributed by atoms with Crippen molar-refractivity contribution in [2.24, 2.45) is 0 Å². The van der Waals surface area contributed by atoms with Crippen LogP contribution in [0.4, 0.5) is 0 Å². The van der Waals surface area contributed by atoms with Crippen molar-refractivity contribution in [3.8, 4) is 23.0 Å². The lowest BCUT2D eigenvalue weighted by Crippen LogP contribution is -2.10. The van der Waals surface area contributed by atoms with Gasteiger partial charge in [-0.2, -0.15) is 0 Å². The van der Waals surface area contributed by atoms with E-state index in [-0.39, 0.29) is 18.1 Å². The Kier molecular flexibility index (Phi) is 13.0. The van der Waals surface area contributed by atoms with Crippen molar-refractivity contribution in [3.05, 3.63) is 109 Å². The summed E-state index contributed by atoms with van der Waals surface area (Å²) in [5.41, 5.74) is 0.659. The quantitative estimate of drug-likeness (QED) is 0.0863. The number of ether oxygens (including phenoxy) is 6. The van der Waals surface area contributed by atoms with Gasteiger partial charge in [0.2, 0.25) is 0 Å². The molecular formula is C33H32O10. The van der Waals surface area contributed by atoms with Crippen molar-refractivity contribution in [1.82, 2.24) is 0 Å². The summed E-state index contributed by atoms with van der Waals surface area (Å²) in [4.78, 5) is 47.0. The summed E-state index contributed by atoms with van der Waals surface area (Å²) in [6, 6.07) is 19.0. The van der Waals surface area contributed by atoms with Crippen LogP contribution in [0.3, 0.4) is 0 Å². The molecule has 0 amide bonds. The summed E-state index contributed by atoms with van der Waals surface area (Å²) in [6.07, 6.45) is 4.08. The molecule has 0 bridgehead atoms. The molecule has 0 saturated carbocycles. The van der Waals surface area contributed by atoms with Crippen LogP contribution in [0.1, 0.15) is 40.0 Å². The maximum absolute atomic E-state index is 12.5. The first-order chi connectivity index (χ1) is 20.9. The van der Waals surface area contributed by atoms with Gasteiger partial charge < -0.3 is 28.4 Å². The van der Waals surface area contributed by atoms with Crippen molar-refractivity contribution >= 4 is 23.9 Å². The number of rotatable bonds is 17. The van der Waals surface area contributed by atoms with Gasteiger partial charge in [-0.15, -0.1) is 0 Å². The Morgan fingerprint density at radius 3 is 1.26 bits per heavy atom. The van der Waals surface area contributed by atoms with Crippen LogP contribution in [0.2, 0.25) is 0 Å². The molecule has 3 aromatic rings. The second kappa shape index (κ2) is 17.4. The average molecular weight is 589 g/mol. The first-order valence-corrected chi connectivity index (χ1v) is 13.5. The molecule has 0 aliphatic rings. The zero-order valence-electron chi connectivity index (χ0n) is 23.5. The number of unbranched alkanes of at least 4 members (excludes halogenated alkanes) is 1. The normalized spacial score (nSPS) is 10.1. The summed E-state index contributed by atoms with van der Waals surface area (Å²) >= 11 is 0. The van der Waals surface area contributed by atoms with E-state index >= 15 is 0 Å². The highest BCUT2D eigenvalue weighted by atomic mass is 16.5. The fourth-order valence-electron chi connectivity index (χ4n) is 3.39. The summed E-state index contributed by atoms with van der Waals surface area (Å²) < 4.78 is 31.8. The number of esters is 4. The third-order valence-corrected chi connectivity index (χ3v) is 5.61. The maximum atomic E-state index is 12.5. The Hall–Kier alpha value is -5.38. The molecule has 0 radical (unpaired) electrons. The van der Waals surface area contributed by atoms with Gasteiger partial charge in [-0.05, 0) is 85.6 Å². The highest BCUT2D eigenvalue weighted by molar-refractivity contribution is 5.92. The Morgan fingerprint density at radius 2 is 0.837 bits per heavy atom. The van der Waals surface area contributed by atoms with Crippen LogP contribution < -0.4 is 18.9 Å². The topological polar surface area (TPSA) is 124 Å². The van der Waals surface area contributed by atoms with E-state index in [2.05, 4.69) is 13.2 Å². The number of carbonyl (C=O) groups excluding carboxylic acids is 4. The van der Waals surface area contributed by atoms with E-state index in [1.807, 2.05) is 0 Å². The molecule has 3 aromatic carbocycles. The molecule has 43 heavy (non-hydrogen) atoms. The van der Waals surface area contributed by atoms with E-state index in [4.69, 9.17) is 28.4 Å². The van der Waals surface area contributed by atoms with Crippen molar-refractivity contribution in [3.63, 3.8) is 0 Å². The van der Waals surface area contributed by atoms with Crippen LogP contribution in [0.25, 0.3) is 0 Å². The van der Waals surface area contributed by atoms with Crippen molar-refractivity contribution < 1.29 is 47.6 Å². The second-order valence-corrected chi connectivity index (χ2v) is 8.80. The van der Waals surface area contributed by atoms with Crippen LogP contribution in [0.5, 0.6) is 23.0 Å². The Morgan fingerprint density at radius 1 is 0.488 bits per heavy atom. The third kappa shape index (κ3) is 11.6. The monoisotopic (exact) mass is 588 g/mol. The van der Waals surface area contributed by atoms with E-state index in [0.717, 1.165) is 12.2 Å². The van der Waals surface area contributed by atoms with Gasteiger partial charge in [-0.3, -0.25) is 0 Å². The minimum absolute atomic E-state index is 0.219. The first-order valence-electron chi connectivity index (χ1n) is 13.5. The summed E-state index contributed by atoms with van der Waals surface area (Å²) in [5.74, 6) is -0.345. The van der Waals surface area contributed by atoms with Gasteiger partial charge in [0.05, 0.1) is 37.6 Å². The molecule has 0 aliphatic carbocycles. The molecule has 224 valence electrons. The number of benzene rings is 3. The minimum Gasteiger partial charge on any atom is -0.494 e. The molecule has 0 unspecified atom stereocenters. The van der Waals surface area contributed by atoms with Gasteiger partial charge in [0.1, 0.15) is 23.0 Å². The molecule has 0 aromatic heterocycles. The highest BCUT2D eigenvalue weighted by Crippen LogP contribution is 2.21. The molecule has 0 aliphatic heterocycles. The van der Waals surface area contributed by atoms with E-state index in [1.165, 1.54) is 24.3 Å². The van der Waals surface area contributed by atoms with E-state index in [0.29, 0.717) is 61.7 Å². The van der Waals surface area contributed by atoms with Crippen LogP contribution >= 0.6 is 0 Å². The molecule has 0 fully saturated rings. The lowest BCUT2D eigenvalue weighted by atomic mass is 10.2. The van der Waals surface area contributed by atoms with Crippen molar-refractivity contribution in [2.75, 3.05) is 26.4 Å². The molecule has 3 rings (SSSR count). The van der Waals surface area contributed by atoms with Crippen LogP contribution in [0.15, 0.2) is 98.1 Å². The van der Waals surface area contributed by atoms with Gasteiger partial charge in [-0.25, -0.2) is 19.2 Å². The van der Waals surface area contributed by atoms with Gasteiger partial charge in [-0.1, -0.05) is 13.2 Å². The van der Waals surface area contributed by atoms with Crippen LogP contribution in [-0.2, 0) is 19.1 Å². The summed E-state index contributed by atoms with van der Waals surface area (Å²) in [6.45, 7) is 7.95. The average Bonchev–Trinajstić information content (AvgIpc) is 3.03. The van der Waals surface area contributed by atoms with Crippen LogP contribution in [0, 0.1) is 0 Å². The molecular weight excluding hydrogens is 556 g/mol. The van der Waals surface area contributed by atoms with Gasteiger partial charge in [0.25, 0.3) is 0 Å². The second-order valence-electron chi connectivity index (χ2n) is 8.80. The maximum Gasteiger partial charge on any atom is 0.343 e.